The summed E-state index contributed by atoms with van der Waals surface area (Å²) in [5.74, 6) is -1.74. The molecule has 3 unspecified atom stereocenters. The Labute approximate surface area is 281 Å². The monoisotopic (exact) mass is 756 g/mol. The van der Waals surface area contributed by atoms with Crippen LogP contribution < -0.4 is 20.4 Å². The molecule has 4 aromatic rings. The number of fused-ring (bicyclic) bond motifs is 1. The highest BCUT2D eigenvalue weighted by Gasteiger charge is 2.42. The van der Waals surface area contributed by atoms with Crippen LogP contribution in [0.4, 0.5) is 4.39 Å². The Morgan fingerprint density at radius 3 is 2.62 bits per heavy atom. The molecule has 1 aliphatic carbocycles. The molecule has 0 radical (unpaired) electrons. The summed E-state index contributed by atoms with van der Waals surface area (Å²) in [6.45, 7) is -0.782. The van der Waals surface area contributed by atoms with E-state index >= 15 is 4.39 Å². The molecule has 3 atom stereocenters. The van der Waals surface area contributed by atoms with Crippen LogP contribution in [0.25, 0.3) is 11.0 Å². The minimum Gasteiger partial charge on any atom is -0.493 e. The molecule has 0 bridgehead atoms. The van der Waals surface area contributed by atoms with Crippen LogP contribution in [0.2, 0.25) is 0 Å². The number of aliphatic hydroxyl groups is 2. The first kappa shape index (κ1) is 33.8. The Bertz CT molecular complexity index is 1910. The van der Waals surface area contributed by atoms with Gasteiger partial charge in [0.15, 0.2) is 11.5 Å². The number of carbonyl (C=O) groups excluding carboxylic acids is 3. The lowest BCUT2D eigenvalue weighted by Crippen LogP contribution is -2.55. The molecule has 3 N–H and O–H groups in total. The van der Waals surface area contributed by atoms with Crippen molar-refractivity contribution in [3.63, 3.8) is 0 Å². The Morgan fingerprint density at radius 1 is 1.15 bits per heavy atom. The highest BCUT2D eigenvalue weighted by molar-refractivity contribution is 14.1. The zero-order valence-electron chi connectivity index (χ0n) is 25.0. The second-order valence-electron chi connectivity index (χ2n) is 10.7. The average molecular weight is 757 g/mol. The fraction of sp³-hybridized carbons (Fsp3) is 0.235. The molecule has 0 aliphatic heterocycles. The molecule has 1 aromatic heterocycles. The predicted molar refractivity (Wildman–Crippen MR) is 177 cm³/mol. The van der Waals surface area contributed by atoms with Gasteiger partial charge in [-0.1, -0.05) is 36.4 Å². The molecule has 1 aliphatic rings. The van der Waals surface area contributed by atoms with Gasteiger partial charge in [0.1, 0.15) is 35.5 Å². The van der Waals surface area contributed by atoms with Crippen molar-refractivity contribution < 1.29 is 42.9 Å². The zero-order chi connectivity index (χ0) is 33.7. The molecule has 0 saturated heterocycles. The maximum absolute atomic E-state index is 15.0. The number of para-hydroxylation sites is 1. The van der Waals surface area contributed by atoms with Gasteiger partial charge in [0.05, 0.1) is 23.3 Å². The van der Waals surface area contributed by atoms with Crippen molar-refractivity contribution >= 4 is 51.7 Å². The molecule has 0 saturated carbocycles. The van der Waals surface area contributed by atoms with Crippen LogP contribution in [-0.2, 0) is 11.3 Å². The normalized spacial score (nSPS) is 17.5. The minimum absolute atomic E-state index is 0.0657. The van der Waals surface area contributed by atoms with Crippen molar-refractivity contribution in [2.45, 2.75) is 31.2 Å². The Morgan fingerprint density at radius 2 is 1.89 bits per heavy atom. The van der Waals surface area contributed by atoms with E-state index in [-0.39, 0.29) is 59.9 Å². The molecule has 1 heterocycles. The first-order valence-corrected chi connectivity index (χ1v) is 15.6. The third-order valence-electron chi connectivity index (χ3n) is 7.69. The molecule has 244 valence electrons. The molecule has 5 rings (SSSR count). The summed E-state index contributed by atoms with van der Waals surface area (Å²) in [6, 6.07) is 15.5. The van der Waals surface area contributed by atoms with Crippen molar-refractivity contribution in [3.05, 3.63) is 115 Å². The zero-order valence-corrected chi connectivity index (χ0v) is 27.2. The van der Waals surface area contributed by atoms with Crippen molar-refractivity contribution in [3.8, 4) is 11.5 Å². The number of amides is 2. The number of halogens is 2. The lowest BCUT2D eigenvalue weighted by atomic mass is 9.87. The van der Waals surface area contributed by atoms with Gasteiger partial charge in [0.25, 0.3) is 5.91 Å². The van der Waals surface area contributed by atoms with Crippen molar-refractivity contribution in [1.82, 2.24) is 10.2 Å². The third-order valence-corrected chi connectivity index (χ3v) is 8.49. The Balaban J connectivity index is 1.62. The van der Waals surface area contributed by atoms with E-state index in [0.29, 0.717) is 20.8 Å². The molecular formula is C34H30FIN2O9. The number of nitrogens with one attached hydrogen (secondary N) is 1. The van der Waals surface area contributed by atoms with E-state index in [1.807, 2.05) is 22.6 Å². The number of hydrogen-bond donors (Lipinski definition) is 3. The summed E-state index contributed by atoms with van der Waals surface area (Å²) in [7, 11) is 1.38. The first-order chi connectivity index (χ1) is 22.6. The van der Waals surface area contributed by atoms with Gasteiger partial charge in [-0.25, -0.2) is 9.18 Å². The van der Waals surface area contributed by atoms with E-state index < -0.39 is 41.5 Å². The number of methoxy groups -OCH3 is 1. The first-order valence-electron chi connectivity index (χ1n) is 14.5. The second kappa shape index (κ2) is 14.9. The topological polar surface area (TPSA) is 156 Å². The number of hydrogen-bond acceptors (Lipinski definition) is 9. The van der Waals surface area contributed by atoms with Crippen LogP contribution in [0.1, 0.15) is 32.7 Å². The maximum Gasteiger partial charge on any atom is 0.349 e. The van der Waals surface area contributed by atoms with Crippen LogP contribution in [0.5, 0.6) is 11.5 Å². The van der Waals surface area contributed by atoms with Crippen molar-refractivity contribution in [2.75, 3.05) is 20.3 Å². The quantitative estimate of drug-likeness (QED) is 0.118. The molecule has 0 fully saturated rings. The third kappa shape index (κ3) is 7.37. The van der Waals surface area contributed by atoms with Gasteiger partial charge in [-0.2, -0.15) is 0 Å². The summed E-state index contributed by atoms with van der Waals surface area (Å²) in [5.41, 5.74) is -0.513. The van der Waals surface area contributed by atoms with Gasteiger partial charge < -0.3 is 34.3 Å². The summed E-state index contributed by atoms with van der Waals surface area (Å²) < 4.78 is 32.6. The largest absolute Gasteiger partial charge is 0.493 e. The van der Waals surface area contributed by atoms with E-state index in [0.717, 1.165) is 4.90 Å². The predicted octanol–water partition coefficient (Wildman–Crippen LogP) is 3.62. The number of rotatable bonds is 11. The molecule has 47 heavy (non-hydrogen) atoms. The number of aldehydes is 1. The second-order valence-corrected chi connectivity index (χ2v) is 11.8. The molecule has 11 nitrogen and oxygen atoms in total. The van der Waals surface area contributed by atoms with Gasteiger partial charge in [-0.15, -0.1) is 0 Å². The van der Waals surface area contributed by atoms with Crippen molar-refractivity contribution in [1.29, 1.82) is 0 Å². The smallest absolute Gasteiger partial charge is 0.349 e. The van der Waals surface area contributed by atoms with Crippen LogP contribution >= 0.6 is 22.6 Å². The maximum atomic E-state index is 15.0. The van der Waals surface area contributed by atoms with Gasteiger partial charge in [0, 0.05) is 41.6 Å². The van der Waals surface area contributed by atoms with Gasteiger partial charge in [-0.3, -0.25) is 14.4 Å². The van der Waals surface area contributed by atoms with E-state index in [1.54, 1.807) is 36.4 Å². The van der Waals surface area contributed by atoms with E-state index in [2.05, 4.69) is 5.32 Å². The summed E-state index contributed by atoms with van der Waals surface area (Å²) in [5, 5.41) is 24.2. The van der Waals surface area contributed by atoms with Crippen LogP contribution in [0.3, 0.4) is 0 Å². The summed E-state index contributed by atoms with van der Waals surface area (Å²) in [4.78, 5) is 53.2. The minimum atomic E-state index is -1.51. The summed E-state index contributed by atoms with van der Waals surface area (Å²) in [6.07, 6.45) is -0.960. The highest BCUT2D eigenvalue weighted by Crippen LogP contribution is 2.37. The SMILES string of the molecule is COc1cc(C=O)cc(I)c1OC1C=C(C(=O)NCCO)CC(N(Cc2ccccc2F)C(=O)c2cc3ccccc3oc2=O)C1O. The number of aliphatic hydroxyl groups excluding tert-OH is 2. The molecule has 3 aromatic carbocycles. The fourth-order valence-electron chi connectivity index (χ4n) is 5.35. The van der Waals surface area contributed by atoms with E-state index in [4.69, 9.17) is 13.9 Å². The van der Waals surface area contributed by atoms with E-state index in [1.165, 1.54) is 43.5 Å². The van der Waals surface area contributed by atoms with Crippen molar-refractivity contribution in [2.24, 2.45) is 0 Å². The lowest BCUT2D eigenvalue weighted by molar-refractivity contribution is -0.118. The number of ether oxygens (including phenoxy) is 2. The fourth-order valence-corrected chi connectivity index (χ4v) is 6.11. The standard InChI is InChI=1S/C34H30FIN2O9/c1-45-29-13-19(18-40)12-25(36)31(29)46-28-16-22(32(42)37-10-11-39)15-26(30(28)41)38(17-21-7-2-4-8-24(21)35)33(43)23-14-20-6-3-5-9-27(20)47-34(23)44/h2-9,12-14,16,18,26,28,30,39,41H,10-11,15,17H2,1H3,(H,37,42). The molecule has 2 amide bonds. The molecule has 0 spiro atoms. The number of carbonyl (C=O) groups is 3. The van der Waals surface area contributed by atoms with Crippen LogP contribution in [-0.4, -0.2) is 71.7 Å². The van der Waals surface area contributed by atoms with Gasteiger partial charge >= 0.3 is 5.63 Å². The van der Waals surface area contributed by atoms with Crippen LogP contribution in [0.15, 0.2) is 87.6 Å². The van der Waals surface area contributed by atoms with Gasteiger partial charge in [0.2, 0.25) is 5.91 Å². The molecular weight excluding hydrogens is 726 g/mol. The van der Waals surface area contributed by atoms with Crippen LogP contribution in [0, 0.1) is 9.39 Å². The number of nitrogens with zero attached hydrogens (tertiary/aromatic N) is 1. The number of benzene rings is 3. The lowest BCUT2D eigenvalue weighted by Gasteiger charge is -2.40. The molecule has 13 heteroatoms. The Hall–Kier alpha value is -4.60. The summed E-state index contributed by atoms with van der Waals surface area (Å²) >= 11 is 1.94. The average Bonchev–Trinajstić information content (AvgIpc) is 3.07. The van der Waals surface area contributed by atoms with E-state index in [9.17, 15) is 29.4 Å². The van der Waals surface area contributed by atoms with Gasteiger partial charge in [-0.05, 0) is 59.0 Å². The highest BCUT2D eigenvalue weighted by atomic mass is 127. The Kier molecular flexibility index (Phi) is 10.7.